The first-order valence-electron chi connectivity index (χ1n) is 9.59. The number of aliphatic hydroxyl groups is 1. The number of methoxy groups -OCH3 is 1. The molecular weight excluding hydrogens is 434 g/mol. The van der Waals surface area contributed by atoms with Crippen LogP contribution in [0, 0.1) is 13.8 Å². The number of hydrogen-bond donors (Lipinski definition) is 1. The Hall–Kier alpha value is -3.09. The lowest BCUT2D eigenvalue weighted by Gasteiger charge is -2.26. The van der Waals surface area contributed by atoms with Crippen molar-refractivity contribution in [3.05, 3.63) is 86.1 Å². The lowest BCUT2D eigenvalue weighted by atomic mass is 9.98. The van der Waals surface area contributed by atoms with Crippen LogP contribution in [0.3, 0.4) is 0 Å². The molecule has 1 aliphatic heterocycles. The Bertz CT molecular complexity index is 1220. The van der Waals surface area contributed by atoms with Gasteiger partial charge in [-0.1, -0.05) is 35.4 Å². The van der Waals surface area contributed by atoms with Gasteiger partial charge in [0.05, 0.1) is 18.2 Å². The zero-order valence-electron chi connectivity index (χ0n) is 17.2. The Morgan fingerprint density at radius 2 is 1.90 bits per heavy atom. The van der Waals surface area contributed by atoms with Crippen molar-refractivity contribution in [2.45, 2.75) is 19.9 Å². The van der Waals surface area contributed by atoms with Gasteiger partial charge in [-0.3, -0.25) is 14.5 Å². The summed E-state index contributed by atoms with van der Waals surface area (Å²) in [6.07, 6.45) is 0. The monoisotopic (exact) mass is 453 g/mol. The third-order valence-corrected chi connectivity index (χ3v) is 6.46. The molecule has 1 aromatic heterocycles. The Labute approximate surface area is 189 Å². The van der Waals surface area contributed by atoms with Crippen molar-refractivity contribution in [3.63, 3.8) is 0 Å². The number of ether oxygens (including phenoxy) is 1. The molecule has 1 fully saturated rings. The molecule has 0 bridgehead atoms. The minimum absolute atomic E-state index is 0.0238. The number of Topliss-reactive ketones (excluding diaryl/α,β-unsaturated/α-hetero) is 1. The van der Waals surface area contributed by atoms with Crippen molar-refractivity contribution >= 4 is 46.1 Å². The van der Waals surface area contributed by atoms with Crippen LogP contribution in [0.2, 0.25) is 5.02 Å². The van der Waals surface area contributed by atoms with Gasteiger partial charge in [-0.05, 0) is 55.1 Å². The highest BCUT2D eigenvalue weighted by atomic mass is 35.5. The molecule has 7 heteroatoms. The van der Waals surface area contributed by atoms with E-state index < -0.39 is 17.7 Å². The quantitative estimate of drug-likeness (QED) is 0.315. The standard InChI is InChI=1S/C24H20ClNO4S/c1-13-6-9-18(30-3)16(11-13)22(27)20-21(19-5-4-10-31-19)26(24(29)23(20)28)17-12-15(25)8-7-14(17)2/h4-12,21,27H,1-3H3/b22-20-. The Morgan fingerprint density at radius 1 is 1.13 bits per heavy atom. The zero-order valence-corrected chi connectivity index (χ0v) is 18.8. The van der Waals surface area contributed by atoms with E-state index in [0.29, 0.717) is 22.0 Å². The predicted molar refractivity (Wildman–Crippen MR) is 123 cm³/mol. The first-order chi connectivity index (χ1) is 14.8. The third kappa shape index (κ3) is 3.62. The van der Waals surface area contributed by atoms with Crippen LogP contribution >= 0.6 is 22.9 Å². The fourth-order valence-corrected chi connectivity index (χ4v) is 4.78. The van der Waals surface area contributed by atoms with E-state index in [1.54, 1.807) is 30.3 Å². The summed E-state index contributed by atoms with van der Waals surface area (Å²) in [5, 5.41) is 13.6. The van der Waals surface area contributed by atoms with E-state index in [0.717, 1.165) is 16.0 Å². The average Bonchev–Trinajstić information content (AvgIpc) is 3.36. The van der Waals surface area contributed by atoms with Crippen LogP contribution in [-0.4, -0.2) is 23.9 Å². The van der Waals surface area contributed by atoms with E-state index >= 15 is 0 Å². The van der Waals surface area contributed by atoms with Crippen molar-refractivity contribution in [1.29, 1.82) is 0 Å². The van der Waals surface area contributed by atoms with Crippen molar-refractivity contribution in [3.8, 4) is 5.75 Å². The molecule has 1 N–H and O–H groups in total. The number of ketones is 1. The summed E-state index contributed by atoms with van der Waals surface area (Å²) in [7, 11) is 1.49. The van der Waals surface area contributed by atoms with Gasteiger partial charge in [0.15, 0.2) is 0 Å². The van der Waals surface area contributed by atoms with Gasteiger partial charge in [-0.2, -0.15) is 0 Å². The molecule has 1 unspecified atom stereocenters. The fourth-order valence-electron chi connectivity index (χ4n) is 3.79. The summed E-state index contributed by atoms with van der Waals surface area (Å²) in [6.45, 7) is 3.72. The maximum absolute atomic E-state index is 13.2. The Morgan fingerprint density at radius 3 is 2.58 bits per heavy atom. The molecule has 2 aromatic carbocycles. The number of rotatable bonds is 4. The summed E-state index contributed by atoms with van der Waals surface area (Å²) in [5.41, 5.74) is 2.60. The average molecular weight is 454 g/mol. The molecule has 31 heavy (non-hydrogen) atoms. The highest BCUT2D eigenvalue weighted by molar-refractivity contribution is 7.10. The van der Waals surface area contributed by atoms with Crippen LogP contribution in [0.15, 0.2) is 59.5 Å². The summed E-state index contributed by atoms with van der Waals surface area (Å²) in [5.74, 6) is -1.31. The second-order valence-corrected chi connectivity index (χ2v) is 8.73. The van der Waals surface area contributed by atoms with E-state index in [4.69, 9.17) is 16.3 Å². The molecule has 2 heterocycles. The summed E-state index contributed by atoms with van der Waals surface area (Å²) in [4.78, 5) is 28.6. The number of anilines is 1. The topological polar surface area (TPSA) is 66.8 Å². The number of halogens is 1. The van der Waals surface area contributed by atoms with Crippen LogP contribution < -0.4 is 9.64 Å². The van der Waals surface area contributed by atoms with E-state index in [1.165, 1.54) is 23.3 Å². The van der Waals surface area contributed by atoms with E-state index in [-0.39, 0.29) is 11.3 Å². The number of benzene rings is 2. The van der Waals surface area contributed by atoms with Crippen molar-refractivity contribution < 1.29 is 19.4 Å². The predicted octanol–water partition coefficient (Wildman–Crippen LogP) is 5.65. The molecule has 4 rings (SSSR count). The number of aryl methyl sites for hydroxylation is 2. The van der Waals surface area contributed by atoms with Crippen molar-refractivity contribution in [2.24, 2.45) is 0 Å². The number of nitrogens with zero attached hydrogens (tertiary/aromatic N) is 1. The van der Waals surface area contributed by atoms with Gasteiger partial charge in [0, 0.05) is 15.6 Å². The van der Waals surface area contributed by atoms with Gasteiger partial charge in [0.1, 0.15) is 17.6 Å². The maximum Gasteiger partial charge on any atom is 0.300 e. The van der Waals surface area contributed by atoms with E-state index in [2.05, 4.69) is 0 Å². The molecular formula is C24H20ClNO4S. The molecule has 0 saturated carbocycles. The van der Waals surface area contributed by atoms with Crippen LogP contribution in [0.4, 0.5) is 5.69 Å². The fraction of sp³-hybridized carbons (Fsp3) is 0.167. The van der Waals surface area contributed by atoms with Crippen LogP contribution in [0.5, 0.6) is 5.75 Å². The van der Waals surface area contributed by atoms with Crippen LogP contribution in [-0.2, 0) is 9.59 Å². The maximum atomic E-state index is 13.2. The number of hydrogen-bond acceptors (Lipinski definition) is 5. The summed E-state index contributed by atoms with van der Waals surface area (Å²) >= 11 is 7.61. The molecule has 3 aromatic rings. The molecule has 0 radical (unpaired) electrons. The first-order valence-corrected chi connectivity index (χ1v) is 10.8. The number of carbonyl (C=O) groups excluding carboxylic acids is 2. The van der Waals surface area contributed by atoms with Crippen LogP contribution in [0.25, 0.3) is 5.76 Å². The first kappa shape index (κ1) is 21.2. The number of thiophene rings is 1. The normalized spacial score (nSPS) is 17.9. The van der Waals surface area contributed by atoms with Gasteiger partial charge >= 0.3 is 0 Å². The molecule has 1 atom stereocenters. The third-order valence-electron chi connectivity index (χ3n) is 5.30. The second kappa shape index (κ2) is 8.21. The SMILES string of the molecule is COc1ccc(C)cc1/C(O)=C1/C(=O)C(=O)N(c2cc(Cl)ccc2C)C1c1cccs1. The highest BCUT2D eigenvalue weighted by Crippen LogP contribution is 2.45. The second-order valence-electron chi connectivity index (χ2n) is 7.32. The van der Waals surface area contributed by atoms with E-state index in [9.17, 15) is 14.7 Å². The molecule has 1 aliphatic rings. The summed E-state index contributed by atoms with van der Waals surface area (Å²) < 4.78 is 5.40. The number of amides is 1. The number of carbonyl (C=O) groups is 2. The van der Waals surface area contributed by atoms with Gasteiger partial charge < -0.3 is 9.84 Å². The largest absolute Gasteiger partial charge is 0.507 e. The molecule has 0 aliphatic carbocycles. The molecule has 158 valence electrons. The highest BCUT2D eigenvalue weighted by Gasteiger charge is 2.48. The summed E-state index contributed by atoms with van der Waals surface area (Å²) in [6, 6.07) is 13.4. The molecule has 0 spiro atoms. The Kier molecular flexibility index (Phi) is 5.60. The van der Waals surface area contributed by atoms with Gasteiger partial charge in [0.2, 0.25) is 0 Å². The Balaban J connectivity index is 1.99. The molecule has 1 saturated heterocycles. The molecule has 5 nitrogen and oxygen atoms in total. The lowest BCUT2D eigenvalue weighted by Crippen LogP contribution is -2.29. The van der Waals surface area contributed by atoms with E-state index in [1.807, 2.05) is 37.4 Å². The minimum Gasteiger partial charge on any atom is -0.507 e. The zero-order chi connectivity index (χ0) is 22.3. The smallest absolute Gasteiger partial charge is 0.300 e. The lowest BCUT2D eigenvalue weighted by molar-refractivity contribution is -0.132. The van der Waals surface area contributed by atoms with Gasteiger partial charge in [-0.25, -0.2) is 0 Å². The van der Waals surface area contributed by atoms with Gasteiger partial charge in [0.25, 0.3) is 11.7 Å². The van der Waals surface area contributed by atoms with Crippen molar-refractivity contribution in [2.75, 3.05) is 12.0 Å². The minimum atomic E-state index is -0.776. The molecule has 1 amide bonds. The van der Waals surface area contributed by atoms with Crippen molar-refractivity contribution in [1.82, 2.24) is 0 Å². The van der Waals surface area contributed by atoms with Crippen LogP contribution in [0.1, 0.15) is 27.6 Å². The number of aliphatic hydroxyl groups excluding tert-OH is 1. The van der Waals surface area contributed by atoms with Gasteiger partial charge in [-0.15, -0.1) is 11.3 Å².